The molecule has 28 heavy (non-hydrogen) atoms. The second-order valence-corrected chi connectivity index (χ2v) is 6.68. The van der Waals surface area contributed by atoms with Gasteiger partial charge in [0.2, 0.25) is 0 Å². The first-order valence-corrected chi connectivity index (χ1v) is 9.32. The summed E-state index contributed by atoms with van der Waals surface area (Å²) in [6.45, 7) is 4.35. The van der Waals surface area contributed by atoms with Crippen LogP contribution in [-0.4, -0.2) is 28.9 Å². The highest BCUT2D eigenvalue weighted by molar-refractivity contribution is 6.38. The van der Waals surface area contributed by atoms with Gasteiger partial charge in [0.15, 0.2) is 0 Å². The van der Waals surface area contributed by atoms with Gasteiger partial charge in [0.05, 0.1) is 28.6 Å². The van der Waals surface area contributed by atoms with Gasteiger partial charge in [0, 0.05) is 16.7 Å². The fraction of sp³-hybridized carbons (Fsp3) is 0.150. The molecule has 2 N–H and O–H groups in total. The summed E-state index contributed by atoms with van der Waals surface area (Å²) in [6.07, 6.45) is 1.40. The number of ether oxygens (including phenoxy) is 1. The van der Waals surface area contributed by atoms with Gasteiger partial charge in [0.1, 0.15) is 11.4 Å². The number of hydrazone groups is 1. The normalized spacial score (nSPS) is 11.0. The molecule has 0 bridgehead atoms. The summed E-state index contributed by atoms with van der Waals surface area (Å²) in [4.78, 5) is 12.4. The Morgan fingerprint density at radius 1 is 1.21 bits per heavy atom. The van der Waals surface area contributed by atoms with Crippen LogP contribution in [0.4, 0.5) is 0 Å². The van der Waals surface area contributed by atoms with Crippen LogP contribution in [0.3, 0.4) is 0 Å². The fourth-order valence-corrected chi connectivity index (χ4v) is 3.12. The summed E-state index contributed by atoms with van der Waals surface area (Å²) in [5.41, 5.74) is 5.59. The van der Waals surface area contributed by atoms with E-state index in [-0.39, 0.29) is 0 Å². The number of hydrogen-bond acceptors (Lipinski definition) is 4. The number of nitrogens with zero attached hydrogens (tertiary/aromatic N) is 2. The molecule has 8 heteroatoms. The Balaban J connectivity index is 1.74. The Kier molecular flexibility index (Phi) is 6.34. The van der Waals surface area contributed by atoms with E-state index in [4.69, 9.17) is 27.9 Å². The molecule has 0 aliphatic rings. The van der Waals surface area contributed by atoms with Crippen molar-refractivity contribution in [2.75, 3.05) is 6.61 Å². The molecule has 0 saturated carbocycles. The monoisotopic (exact) mass is 416 g/mol. The van der Waals surface area contributed by atoms with E-state index in [1.165, 1.54) is 6.21 Å². The van der Waals surface area contributed by atoms with E-state index in [0.717, 1.165) is 11.3 Å². The molecular formula is C20H18Cl2N4O2. The van der Waals surface area contributed by atoms with Crippen LogP contribution in [0.15, 0.2) is 47.6 Å². The maximum atomic E-state index is 12.4. The highest BCUT2D eigenvalue weighted by atomic mass is 35.5. The number of hydrogen-bond donors (Lipinski definition) is 2. The molecule has 0 aliphatic heterocycles. The number of benzene rings is 2. The number of carbonyl (C=O) groups is 1. The van der Waals surface area contributed by atoms with Gasteiger partial charge in [-0.3, -0.25) is 9.89 Å². The molecule has 3 aromatic rings. The Hall–Kier alpha value is -2.83. The zero-order valence-electron chi connectivity index (χ0n) is 15.3. The molecule has 2 aromatic carbocycles. The predicted octanol–water partition coefficient (Wildman–Crippen LogP) is 4.85. The van der Waals surface area contributed by atoms with Gasteiger partial charge in [-0.15, -0.1) is 0 Å². The first-order chi connectivity index (χ1) is 13.5. The summed E-state index contributed by atoms with van der Waals surface area (Å²) < 4.78 is 5.44. The van der Waals surface area contributed by atoms with Gasteiger partial charge in [0.25, 0.3) is 5.91 Å². The van der Waals surface area contributed by atoms with Crippen molar-refractivity contribution in [3.8, 4) is 17.0 Å². The van der Waals surface area contributed by atoms with E-state index in [9.17, 15) is 4.79 Å². The third-order valence-electron chi connectivity index (χ3n) is 4.03. The summed E-state index contributed by atoms with van der Waals surface area (Å²) >= 11 is 12.2. The average Bonchev–Trinajstić information content (AvgIpc) is 3.06. The number of rotatable bonds is 6. The number of aromatic amines is 1. The van der Waals surface area contributed by atoms with E-state index < -0.39 is 5.91 Å². The Morgan fingerprint density at radius 3 is 2.54 bits per heavy atom. The third kappa shape index (κ3) is 4.35. The maximum Gasteiger partial charge on any atom is 0.289 e. The molecule has 3 rings (SSSR count). The Morgan fingerprint density at radius 2 is 1.89 bits per heavy atom. The summed E-state index contributed by atoms with van der Waals surface area (Å²) in [5, 5.41) is 11.8. The van der Waals surface area contributed by atoms with E-state index in [0.29, 0.717) is 39.2 Å². The van der Waals surface area contributed by atoms with Crippen molar-refractivity contribution < 1.29 is 9.53 Å². The number of amides is 1. The zero-order valence-corrected chi connectivity index (χ0v) is 16.8. The lowest BCUT2D eigenvalue weighted by Gasteiger charge is -2.04. The van der Waals surface area contributed by atoms with Gasteiger partial charge in [-0.25, -0.2) is 5.43 Å². The molecule has 0 aliphatic carbocycles. The molecule has 0 saturated heterocycles. The summed E-state index contributed by atoms with van der Waals surface area (Å²) in [7, 11) is 0. The van der Waals surface area contributed by atoms with Crippen molar-refractivity contribution in [1.29, 1.82) is 0 Å². The van der Waals surface area contributed by atoms with Crippen molar-refractivity contribution >= 4 is 35.3 Å². The molecule has 0 radical (unpaired) electrons. The molecule has 6 nitrogen and oxygen atoms in total. The van der Waals surface area contributed by atoms with Crippen molar-refractivity contribution in [3.63, 3.8) is 0 Å². The van der Waals surface area contributed by atoms with E-state index in [2.05, 4.69) is 20.7 Å². The largest absolute Gasteiger partial charge is 0.494 e. The fourth-order valence-electron chi connectivity index (χ4n) is 2.62. The quantitative estimate of drug-likeness (QED) is 0.444. The van der Waals surface area contributed by atoms with Crippen molar-refractivity contribution in [1.82, 2.24) is 15.6 Å². The summed E-state index contributed by atoms with van der Waals surface area (Å²) in [5.74, 6) is 0.367. The lowest BCUT2D eigenvalue weighted by atomic mass is 10.1. The highest BCUT2D eigenvalue weighted by Gasteiger charge is 2.16. The average molecular weight is 417 g/mol. The van der Waals surface area contributed by atoms with Crippen LogP contribution in [0.5, 0.6) is 5.75 Å². The lowest BCUT2D eigenvalue weighted by Crippen LogP contribution is -2.19. The lowest BCUT2D eigenvalue weighted by molar-refractivity contribution is 0.0949. The number of H-pyrrole nitrogens is 1. The van der Waals surface area contributed by atoms with Gasteiger partial charge in [-0.2, -0.15) is 10.2 Å². The van der Waals surface area contributed by atoms with Crippen molar-refractivity contribution in [3.05, 3.63) is 69.3 Å². The Labute approximate surface area is 172 Å². The molecule has 144 valence electrons. The standard InChI is InChI=1S/C20H18Cl2N4O2/c1-3-28-14-9-7-13(8-10-14)18-12(2)19(25-24-18)20(27)26-23-11-15-16(21)5-4-6-17(15)22/h4-11H,3H2,1-2H3,(H,24,25)(H,26,27)/b23-11-. The van der Waals surface area contributed by atoms with Gasteiger partial charge in [-0.05, 0) is 50.2 Å². The van der Waals surface area contributed by atoms with Crippen LogP contribution in [0, 0.1) is 6.92 Å². The van der Waals surface area contributed by atoms with Gasteiger partial charge in [-0.1, -0.05) is 29.3 Å². The van der Waals surface area contributed by atoms with Crippen molar-refractivity contribution in [2.45, 2.75) is 13.8 Å². The minimum Gasteiger partial charge on any atom is -0.494 e. The molecule has 0 fully saturated rings. The van der Waals surface area contributed by atoms with Crippen LogP contribution in [0.2, 0.25) is 10.0 Å². The van der Waals surface area contributed by atoms with E-state index in [1.807, 2.05) is 38.1 Å². The summed E-state index contributed by atoms with van der Waals surface area (Å²) in [6, 6.07) is 12.6. The first-order valence-electron chi connectivity index (χ1n) is 8.57. The second kappa shape index (κ2) is 8.91. The zero-order chi connectivity index (χ0) is 20.1. The number of carbonyl (C=O) groups excluding carboxylic acids is 1. The number of nitrogens with one attached hydrogen (secondary N) is 2. The Bertz CT molecular complexity index is 993. The van der Waals surface area contributed by atoms with Crippen LogP contribution >= 0.6 is 23.2 Å². The van der Waals surface area contributed by atoms with Gasteiger partial charge < -0.3 is 4.74 Å². The predicted molar refractivity (Wildman–Crippen MR) is 111 cm³/mol. The van der Waals surface area contributed by atoms with Crippen LogP contribution in [-0.2, 0) is 0 Å². The third-order valence-corrected chi connectivity index (χ3v) is 4.69. The first kappa shape index (κ1) is 19.9. The smallest absolute Gasteiger partial charge is 0.289 e. The van der Waals surface area contributed by atoms with Crippen molar-refractivity contribution in [2.24, 2.45) is 5.10 Å². The van der Waals surface area contributed by atoms with Crippen LogP contribution in [0.1, 0.15) is 28.5 Å². The second-order valence-electron chi connectivity index (χ2n) is 5.86. The van der Waals surface area contributed by atoms with Gasteiger partial charge >= 0.3 is 0 Å². The molecular weight excluding hydrogens is 399 g/mol. The van der Waals surface area contributed by atoms with Crippen LogP contribution < -0.4 is 10.2 Å². The molecule has 0 unspecified atom stereocenters. The number of aromatic nitrogens is 2. The molecule has 1 aromatic heterocycles. The number of halogens is 2. The minimum absolute atomic E-state index is 0.325. The van der Waals surface area contributed by atoms with E-state index >= 15 is 0 Å². The molecule has 1 heterocycles. The topological polar surface area (TPSA) is 79.4 Å². The molecule has 0 spiro atoms. The van der Waals surface area contributed by atoms with E-state index in [1.54, 1.807) is 18.2 Å². The molecule has 0 atom stereocenters. The molecule has 1 amide bonds. The SMILES string of the molecule is CCOc1ccc(-c2n[nH]c(C(=O)N/N=C\c3c(Cl)cccc3Cl)c2C)cc1. The highest BCUT2D eigenvalue weighted by Crippen LogP contribution is 2.25. The van der Waals surface area contributed by atoms with Crippen LogP contribution in [0.25, 0.3) is 11.3 Å². The minimum atomic E-state index is -0.415. The maximum absolute atomic E-state index is 12.4.